The van der Waals surface area contributed by atoms with Gasteiger partial charge in [-0.05, 0) is 0 Å². The van der Waals surface area contributed by atoms with Crippen LogP contribution in [0, 0.1) is 0 Å². The van der Waals surface area contributed by atoms with Crippen molar-refractivity contribution in [2.45, 2.75) is 0 Å². The first-order valence-corrected chi connectivity index (χ1v) is 8.61. The van der Waals surface area contributed by atoms with E-state index in [4.69, 9.17) is 5.11 Å². The van der Waals surface area contributed by atoms with Crippen molar-refractivity contribution in [1.29, 1.82) is 0 Å². The van der Waals surface area contributed by atoms with Crippen LogP contribution in [-0.2, 0) is 0 Å². The van der Waals surface area contributed by atoms with Gasteiger partial charge >= 0.3 is 83.6 Å². The maximum absolute atomic E-state index is 12.0. The predicted molar refractivity (Wildman–Crippen MR) is 42.0 cm³/mol. The Balaban J connectivity index is 2.98. The van der Waals surface area contributed by atoms with Gasteiger partial charge in [0, 0.05) is 0 Å². The molecule has 0 spiro atoms. The molecule has 0 saturated carbocycles. The molecule has 0 radical (unpaired) electrons. The number of hydrogen-bond donors (Lipinski definition) is 1. The van der Waals surface area contributed by atoms with E-state index < -0.39 is 30.4 Å². The Hall–Kier alpha value is -0.728. The monoisotopic (exact) mass is 380 g/mol. The average molecular weight is 379 g/mol. The molecular weight excluding hydrogens is 374 g/mol. The van der Waals surface area contributed by atoms with Gasteiger partial charge < -0.3 is 0 Å². The summed E-state index contributed by atoms with van der Waals surface area (Å²) >= 11 is -4.96. The van der Waals surface area contributed by atoms with E-state index in [0.717, 1.165) is 0 Å². The fourth-order valence-corrected chi connectivity index (χ4v) is 2.39. The van der Waals surface area contributed by atoms with Crippen molar-refractivity contribution in [3.63, 3.8) is 0 Å². The van der Waals surface area contributed by atoms with Crippen LogP contribution in [0.15, 0.2) is 24.3 Å². The molecule has 1 aromatic carbocycles. The van der Waals surface area contributed by atoms with Gasteiger partial charge in [0.15, 0.2) is 0 Å². The number of benzene rings is 1. The zero-order chi connectivity index (χ0) is 9.84. The second kappa shape index (κ2) is 4.49. The Labute approximate surface area is 83.6 Å². The van der Waals surface area contributed by atoms with E-state index in [9.17, 15) is 9.82 Å². The molecule has 0 bridgehead atoms. The van der Waals surface area contributed by atoms with Gasteiger partial charge in [0.1, 0.15) is 0 Å². The van der Waals surface area contributed by atoms with Gasteiger partial charge in [0.2, 0.25) is 0 Å². The molecule has 3 nitrogen and oxygen atoms in total. The fourth-order valence-electron chi connectivity index (χ4n) is 0.842. The summed E-state index contributed by atoms with van der Waals surface area (Å²) in [5.74, 6) is -1.49. The Morgan fingerprint density at radius 1 is 1.38 bits per heavy atom. The van der Waals surface area contributed by atoms with E-state index in [-0.39, 0.29) is 11.3 Å². The number of carboxylic acid groups (broad SMARTS) is 1. The Morgan fingerprint density at radius 2 is 2.00 bits per heavy atom. The number of hydrogen-bond acceptors (Lipinski definition) is 2. The van der Waals surface area contributed by atoms with Crippen LogP contribution >= 0.6 is 0 Å². The second-order valence-corrected chi connectivity index (χ2v) is 5.12. The van der Waals surface area contributed by atoms with Crippen molar-refractivity contribution in [3.8, 4) is 5.75 Å². The molecule has 6 heteroatoms. The number of para-hydroxylation sites is 1. The van der Waals surface area contributed by atoms with E-state index in [1.165, 1.54) is 24.3 Å². The van der Waals surface area contributed by atoms with Gasteiger partial charge in [-0.25, -0.2) is 0 Å². The summed E-state index contributed by atoms with van der Waals surface area (Å²) in [5.41, 5.74) is -0.220. The summed E-state index contributed by atoms with van der Waals surface area (Å²) in [7, 11) is 0. The predicted octanol–water partition coefficient (Wildman–Crippen LogP) is 1.69. The zero-order valence-corrected chi connectivity index (χ0v) is 10.9. The molecule has 0 unspecified atom stereocenters. The zero-order valence-electron chi connectivity index (χ0n) is 6.41. The first-order valence-electron chi connectivity index (χ1n) is 3.38. The Morgan fingerprint density at radius 3 is 2.54 bits per heavy atom. The van der Waals surface area contributed by atoms with Crippen molar-refractivity contribution in [3.05, 3.63) is 29.8 Å². The SMILES string of the molecule is O=C(O)c1ccccc1[O][Tl]([F])[F]. The number of halogens is 2. The van der Waals surface area contributed by atoms with Gasteiger partial charge in [0.25, 0.3) is 0 Å². The third-order valence-electron chi connectivity index (χ3n) is 1.33. The summed E-state index contributed by atoms with van der Waals surface area (Å²) in [6.07, 6.45) is 0. The van der Waals surface area contributed by atoms with Crippen molar-refractivity contribution < 1.29 is 17.6 Å². The van der Waals surface area contributed by atoms with Crippen molar-refractivity contribution in [1.82, 2.24) is 0 Å². The van der Waals surface area contributed by atoms with E-state index in [0.29, 0.717) is 0 Å². The van der Waals surface area contributed by atoms with Crippen LogP contribution in [0.5, 0.6) is 5.75 Å². The summed E-state index contributed by atoms with van der Waals surface area (Å²) in [6, 6.07) is 5.38. The number of carboxylic acids is 1. The molecular formula is C7H5F2O3Tl. The van der Waals surface area contributed by atoms with Gasteiger partial charge in [-0.15, -0.1) is 0 Å². The first-order chi connectivity index (χ1) is 6.11. The van der Waals surface area contributed by atoms with Crippen LogP contribution in [0.25, 0.3) is 0 Å². The van der Waals surface area contributed by atoms with Gasteiger partial charge in [-0.3, -0.25) is 0 Å². The average Bonchev–Trinajstić information content (AvgIpc) is 2.03. The number of carbonyl (C=O) groups is 1. The summed E-state index contributed by atoms with van der Waals surface area (Å²) < 4.78 is 28.2. The van der Waals surface area contributed by atoms with E-state index in [1.807, 2.05) is 0 Å². The fraction of sp³-hybridized carbons (Fsp3) is 0. The van der Waals surface area contributed by atoms with E-state index >= 15 is 0 Å². The summed E-state index contributed by atoms with van der Waals surface area (Å²) in [6.45, 7) is 0. The van der Waals surface area contributed by atoms with Crippen molar-refractivity contribution in [2.24, 2.45) is 0 Å². The molecule has 1 rings (SSSR count). The molecule has 0 atom stereocenters. The topological polar surface area (TPSA) is 46.5 Å². The third-order valence-corrected chi connectivity index (χ3v) is 3.01. The van der Waals surface area contributed by atoms with Gasteiger partial charge in [0.05, 0.1) is 0 Å². The third kappa shape index (κ3) is 2.90. The molecule has 0 aliphatic rings. The molecule has 0 aliphatic carbocycles. The van der Waals surface area contributed by atoms with Gasteiger partial charge in [-0.2, -0.15) is 0 Å². The molecule has 1 aromatic rings. The molecule has 0 amide bonds. The van der Waals surface area contributed by atoms with E-state index in [2.05, 4.69) is 2.69 Å². The number of rotatable bonds is 3. The minimum absolute atomic E-state index is 0.220. The van der Waals surface area contributed by atoms with Crippen LogP contribution in [0.1, 0.15) is 10.4 Å². The summed E-state index contributed by atoms with van der Waals surface area (Å²) in [4.78, 5) is 10.5. The molecule has 1 N–H and O–H groups in total. The van der Waals surface area contributed by atoms with Crippen LogP contribution in [0.2, 0.25) is 0 Å². The molecule has 0 fully saturated rings. The first kappa shape index (κ1) is 10.4. The van der Waals surface area contributed by atoms with Crippen LogP contribution in [-0.4, -0.2) is 35.5 Å². The normalized spacial score (nSPS) is 9.38. The molecule has 0 heterocycles. The summed E-state index contributed by atoms with van der Waals surface area (Å²) in [5, 5.41) is 8.58. The Bertz CT molecular complexity index is 316. The molecule has 13 heavy (non-hydrogen) atoms. The minimum atomic E-state index is -4.96. The molecule has 0 aliphatic heterocycles. The van der Waals surface area contributed by atoms with E-state index in [1.54, 1.807) is 0 Å². The van der Waals surface area contributed by atoms with Gasteiger partial charge in [-0.1, -0.05) is 0 Å². The van der Waals surface area contributed by atoms with Crippen LogP contribution in [0.3, 0.4) is 0 Å². The molecule has 0 aromatic heterocycles. The molecule has 68 valence electrons. The molecule has 0 saturated heterocycles. The van der Waals surface area contributed by atoms with Crippen LogP contribution in [0.4, 0.5) is 5.02 Å². The maximum atomic E-state index is 12.0. The quantitative estimate of drug-likeness (QED) is 0.813. The van der Waals surface area contributed by atoms with Crippen molar-refractivity contribution in [2.75, 3.05) is 0 Å². The van der Waals surface area contributed by atoms with Crippen LogP contribution < -0.4 is 2.69 Å². The number of aromatic carboxylic acids is 1. The Kier molecular flexibility index (Phi) is 3.58. The second-order valence-electron chi connectivity index (χ2n) is 2.18. The standard InChI is InChI=1S/C7H6O3.2FH.Tl/c8-6-4-2-1-3-5(6)7(9)10;;;/h1-4,8H,(H,9,10);2*1H;/q;;;+3/p-3. The van der Waals surface area contributed by atoms with Crippen molar-refractivity contribution >= 4 is 30.4 Å².